The molecule has 0 spiro atoms. The lowest BCUT2D eigenvalue weighted by Gasteiger charge is -2.18. The molecule has 19 rings (SSSR count). The Labute approximate surface area is 554 Å². The smallest absolute Gasteiger partial charge is 0.136 e. The molecule has 2 nitrogen and oxygen atoms in total. The first-order chi connectivity index (χ1) is 52.2. The lowest BCUT2D eigenvalue weighted by molar-refractivity contribution is 0.669. The molecule has 17 aromatic carbocycles. The van der Waals surface area contributed by atoms with Gasteiger partial charge in [0.2, 0.25) is 0 Å². The molecule has 0 saturated heterocycles. The Morgan fingerprint density at radius 3 is 0.815 bits per heavy atom. The highest BCUT2D eigenvalue weighted by Crippen LogP contribution is 2.48. The van der Waals surface area contributed by atoms with Crippen molar-refractivity contribution < 1.29 is 30.8 Å². The first kappa shape index (κ1) is 39.0. The minimum atomic E-state index is -0.435. The van der Waals surface area contributed by atoms with Gasteiger partial charge in [0.05, 0.1) is 21.9 Å². The number of furan rings is 2. The quantitative estimate of drug-likeness (QED) is 0.149. The highest BCUT2D eigenvalue weighted by atomic mass is 16.3. The van der Waals surface area contributed by atoms with Gasteiger partial charge in [-0.15, -0.1) is 0 Å². The molecule has 0 N–H and O–H groups in total. The van der Waals surface area contributed by atoms with E-state index in [1.807, 2.05) is 194 Å². The van der Waals surface area contributed by atoms with Crippen LogP contribution in [0.1, 0.15) is 21.9 Å². The molecule has 92 heavy (non-hydrogen) atoms. The molecule has 0 radical (unpaired) electrons. The number of hydrogen-bond donors (Lipinski definition) is 0. The van der Waals surface area contributed by atoms with Gasteiger partial charge in [-0.1, -0.05) is 285 Å². The zero-order valence-electron chi connectivity index (χ0n) is 64.9. The van der Waals surface area contributed by atoms with Gasteiger partial charge in [0.1, 0.15) is 22.3 Å². The number of hydrogen-bond acceptors (Lipinski definition) is 2. The fourth-order valence-electron chi connectivity index (χ4n) is 13.4. The van der Waals surface area contributed by atoms with Crippen molar-refractivity contribution in [3.8, 4) is 77.9 Å². The summed E-state index contributed by atoms with van der Waals surface area (Å²) in [6.45, 7) is 0. The second kappa shape index (κ2) is 21.9. The van der Waals surface area contributed by atoms with Gasteiger partial charge >= 0.3 is 0 Å². The van der Waals surface area contributed by atoms with Crippen LogP contribution in [0.3, 0.4) is 0 Å². The molecule has 0 amide bonds. The summed E-state index contributed by atoms with van der Waals surface area (Å²) >= 11 is 0. The van der Waals surface area contributed by atoms with Crippen molar-refractivity contribution >= 4 is 109 Å². The fraction of sp³-hybridized carbons (Fsp3) is 0. The van der Waals surface area contributed by atoms with Gasteiger partial charge in [-0.3, -0.25) is 0 Å². The highest BCUT2D eigenvalue weighted by Gasteiger charge is 2.21. The van der Waals surface area contributed by atoms with Crippen LogP contribution in [0.4, 0.5) is 0 Å². The molecule has 0 bridgehead atoms. The number of benzene rings is 17. The van der Waals surface area contributed by atoms with E-state index in [4.69, 9.17) is 19.8 Å². The average Bonchev–Trinajstić information content (AvgIpc) is 0.752. The van der Waals surface area contributed by atoms with Gasteiger partial charge in [0, 0.05) is 21.5 Å². The summed E-state index contributed by atoms with van der Waals surface area (Å²) in [7, 11) is 0. The topological polar surface area (TPSA) is 26.3 Å². The lowest BCUT2D eigenvalue weighted by atomic mass is 9.85. The van der Waals surface area contributed by atoms with Crippen molar-refractivity contribution in [1.29, 1.82) is 0 Å². The van der Waals surface area contributed by atoms with E-state index in [2.05, 4.69) is 36.4 Å². The highest BCUT2D eigenvalue weighted by molar-refractivity contribution is 6.24. The number of rotatable bonds is 7. The molecule has 2 aromatic heterocycles. The van der Waals surface area contributed by atoms with Gasteiger partial charge < -0.3 is 8.83 Å². The molecule has 0 fully saturated rings. The Bertz CT molecular complexity index is 6930. The van der Waals surface area contributed by atoms with E-state index in [0.29, 0.717) is 66.8 Å². The molecule has 0 unspecified atom stereocenters. The standard InChI is InChI=1S/C48H30O.C42H26O/c1-2-10-31(11-3-1)32-18-20-33(21-19-32)34-22-24-35(25-23-34)47-39-14-6-8-16-41(39)48(42-17-9-7-15-40(42)47)38-26-27-45-43(29-38)44-28-36-12-4-5-13-37(36)30-46(44)49-45;1-2-11-27(12-3-1)28-15-10-16-31(23-28)41-33-17-6-8-19-35(33)42(36-20-9-7-18-34(36)41)32-21-22-39-37(25-32)38-24-29-13-4-5-14-30(29)26-40(38)43-39/h1-30H;1-26H/i6D,7D,8D,9D,14D,15D,16D,17D;6D,7D,8D,9D,17D,18D,19D,20D. The molecule has 2 heteroatoms. The first-order valence-electron chi connectivity index (χ1n) is 38.3. The number of fused-ring (bicyclic) bond motifs is 12. The van der Waals surface area contributed by atoms with Crippen molar-refractivity contribution in [2.45, 2.75) is 0 Å². The van der Waals surface area contributed by atoms with Crippen LogP contribution in [-0.2, 0) is 0 Å². The van der Waals surface area contributed by atoms with E-state index in [1.54, 1.807) is 12.1 Å². The van der Waals surface area contributed by atoms with Crippen molar-refractivity contribution in [2.75, 3.05) is 0 Å². The fourth-order valence-corrected chi connectivity index (χ4v) is 13.4. The summed E-state index contributed by atoms with van der Waals surface area (Å²) in [5, 5.41) is 8.78. The third-order valence-corrected chi connectivity index (χ3v) is 17.8. The Morgan fingerprint density at radius 2 is 0.435 bits per heavy atom. The monoisotopic (exact) mass is 1180 g/mol. The van der Waals surface area contributed by atoms with Gasteiger partial charge in [-0.2, -0.15) is 0 Å². The maximum Gasteiger partial charge on any atom is 0.136 e. The summed E-state index contributed by atoms with van der Waals surface area (Å²) in [6, 6.07) is 72.4. The van der Waals surface area contributed by atoms with E-state index in [9.17, 15) is 11.0 Å². The Morgan fingerprint density at radius 1 is 0.174 bits per heavy atom. The van der Waals surface area contributed by atoms with Gasteiger partial charge in [0.15, 0.2) is 0 Å². The van der Waals surface area contributed by atoms with Crippen molar-refractivity contribution in [2.24, 2.45) is 0 Å². The summed E-state index contributed by atoms with van der Waals surface area (Å²) in [4.78, 5) is 0. The van der Waals surface area contributed by atoms with Crippen LogP contribution in [-0.4, -0.2) is 0 Å². The third-order valence-electron chi connectivity index (χ3n) is 17.8. The minimum Gasteiger partial charge on any atom is -0.456 e. The van der Waals surface area contributed by atoms with E-state index in [1.165, 1.54) is 0 Å². The van der Waals surface area contributed by atoms with Crippen LogP contribution in [0.25, 0.3) is 186 Å². The lowest BCUT2D eigenvalue weighted by Crippen LogP contribution is -1.91. The molecule has 0 atom stereocenters. The maximum absolute atomic E-state index is 9.35. The molecular weight excluding hydrogens is 1110 g/mol. The minimum absolute atomic E-state index is 0.173. The van der Waals surface area contributed by atoms with E-state index >= 15 is 0 Å². The normalized spacial score (nSPS) is 14.1. The maximum atomic E-state index is 9.35. The summed E-state index contributed by atoms with van der Waals surface area (Å²) < 4.78 is 157. The summed E-state index contributed by atoms with van der Waals surface area (Å²) in [6.07, 6.45) is 0. The second-order valence-electron chi connectivity index (χ2n) is 23.0. The van der Waals surface area contributed by atoms with E-state index in [-0.39, 0.29) is 91.4 Å². The second-order valence-corrected chi connectivity index (χ2v) is 23.0. The molecule has 2 heterocycles. The van der Waals surface area contributed by atoms with Crippen LogP contribution < -0.4 is 0 Å². The molecule has 19 aromatic rings. The average molecular weight is 1190 g/mol. The van der Waals surface area contributed by atoms with E-state index < -0.39 is 48.3 Å². The molecule has 0 aliphatic carbocycles. The molecule has 0 saturated carbocycles. The van der Waals surface area contributed by atoms with Crippen molar-refractivity contribution in [3.05, 3.63) is 339 Å². The zero-order chi connectivity index (χ0) is 74.6. The molecular formula is C90H56O2. The van der Waals surface area contributed by atoms with Crippen molar-refractivity contribution in [1.82, 2.24) is 0 Å². The van der Waals surface area contributed by atoms with Crippen LogP contribution >= 0.6 is 0 Å². The van der Waals surface area contributed by atoms with Crippen LogP contribution in [0.2, 0.25) is 0 Å². The third kappa shape index (κ3) is 9.03. The van der Waals surface area contributed by atoms with Gasteiger partial charge in [-0.05, 0) is 197 Å². The Kier molecular flexibility index (Phi) is 9.28. The summed E-state index contributed by atoms with van der Waals surface area (Å²) in [5.41, 5.74) is 11.9. The predicted molar refractivity (Wildman–Crippen MR) is 391 cm³/mol. The predicted octanol–water partition coefficient (Wildman–Crippen LogP) is 25.8. The van der Waals surface area contributed by atoms with Gasteiger partial charge in [0.25, 0.3) is 0 Å². The van der Waals surface area contributed by atoms with Crippen LogP contribution in [0.5, 0.6) is 0 Å². The van der Waals surface area contributed by atoms with Crippen molar-refractivity contribution in [3.63, 3.8) is 0 Å². The first-order valence-corrected chi connectivity index (χ1v) is 30.3. The molecule has 428 valence electrons. The van der Waals surface area contributed by atoms with Gasteiger partial charge in [-0.25, -0.2) is 0 Å². The molecule has 0 aliphatic rings. The zero-order valence-corrected chi connectivity index (χ0v) is 48.9. The molecule has 0 aliphatic heterocycles. The summed E-state index contributed by atoms with van der Waals surface area (Å²) in [5.74, 6) is 0. The van der Waals surface area contributed by atoms with E-state index in [0.717, 1.165) is 76.5 Å². The van der Waals surface area contributed by atoms with Crippen LogP contribution in [0, 0.1) is 0 Å². The SMILES string of the molecule is [2H]c1c([2H])c([2H])c2c(-c3ccc4oc5cc6ccccc6cc5c4c3)c3c([2H])c([2H])c([2H])c([2H])c3c(-c3ccc(-c4ccc(-c5ccccc5)cc4)cc3)c2c1[2H].[2H]c1c([2H])c([2H])c2c(-c3ccc4oc5cc6ccccc6cc5c4c3)c3c([2H])c([2H])c([2H])c([2H])c3c(-c3cccc(-c4ccccc4)c3)c2c1[2H]. The Hall–Kier alpha value is -12.1. The van der Waals surface area contributed by atoms with Crippen LogP contribution in [0.15, 0.2) is 348 Å². The Balaban J connectivity index is 0.000000153. The largest absolute Gasteiger partial charge is 0.456 e.